The molecule has 0 spiro atoms. The van der Waals surface area contributed by atoms with E-state index in [1.807, 2.05) is 24.3 Å². The first-order valence-electron chi connectivity index (χ1n) is 7.08. The molecule has 0 unspecified atom stereocenters. The molecular weight excluding hydrogens is 330 g/mol. The summed E-state index contributed by atoms with van der Waals surface area (Å²) in [6.45, 7) is 0. The maximum Gasteiger partial charge on any atom is 0.272 e. The zero-order valence-electron chi connectivity index (χ0n) is 12.5. The summed E-state index contributed by atoms with van der Waals surface area (Å²) >= 11 is 3.06. The Morgan fingerprint density at radius 3 is 3.00 bits per heavy atom. The van der Waals surface area contributed by atoms with Crippen molar-refractivity contribution in [3.8, 4) is 22.4 Å². The lowest BCUT2D eigenvalue weighted by Gasteiger charge is -2.20. The number of ether oxygens (including phenoxy) is 1. The van der Waals surface area contributed by atoms with Gasteiger partial charge in [0.1, 0.15) is 22.0 Å². The molecule has 0 bridgehead atoms. The van der Waals surface area contributed by atoms with E-state index in [9.17, 15) is 10.1 Å². The third kappa shape index (κ3) is 3.19. The Morgan fingerprint density at radius 2 is 2.30 bits per heavy atom. The Bertz CT molecular complexity index is 761. The van der Waals surface area contributed by atoms with E-state index in [2.05, 4.69) is 16.4 Å². The molecule has 1 aromatic heterocycles. The first kappa shape index (κ1) is 15.8. The van der Waals surface area contributed by atoms with E-state index >= 15 is 0 Å². The highest BCUT2D eigenvalue weighted by Gasteiger charge is 2.36. The quantitative estimate of drug-likeness (QED) is 0.922. The summed E-state index contributed by atoms with van der Waals surface area (Å²) in [5, 5.41) is 14.6. The van der Waals surface area contributed by atoms with Crippen molar-refractivity contribution in [1.29, 1.82) is 5.26 Å². The molecule has 2 heterocycles. The molecule has 1 saturated heterocycles. The van der Waals surface area contributed by atoms with Gasteiger partial charge in [0.15, 0.2) is 0 Å². The maximum atomic E-state index is 12.4. The van der Waals surface area contributed by atoms with Gasteiger partial charge in [0.25, 0.3) is 5.91 Å². The van der Waals surface area contributed by atoms with Crippen LogP contribution in [0.2, 0.25) is 0 Å². The van der Waals surface area contributed by atoms with Gasteiger partial charge >= 0.3 is 0 Å². The first-order valence-corrected chi connectivity index (χ1v) is 9.11. The van der Waals surface area contributed by atoms with Gasteiger partial charge in [-0.25, -0.2) is 4.98 Å². The Balaban J connectivity index is 1.82. The molecule has 1 N–H and O–H groups in total. The predicted molar refractivity (Wildman–Crippen MR) is 91.9 cm³/mol. The van der Waals surface area contributed by atoms with Crippen LogP contribution in [0.15, 0.2) is 29.6 Å². The number of amides is 1. The van der Waals surface area contributed by atoms with Crippen LogP contribution in [-0.4, -0.2) is 35.0 Å². The fraction of sp³-hybridized carbons (Fsp3) is 0.312. The van der Waals surface area contributed by atoms with Gasteiger partial charge in [0.05, 0.1) is 18.7 Å². The average molecular weight is 345 g/mol. The topological polar surface area (TPSA) is 75.0 Å². The van der Waals surface area contributed by atoms with Crippen LogP contribution in [0.5, 0.6) is 5.75 Å². The van der Waals surface area contributed by atoms with Gasteiger partial charge in [-0.1, -0.05) is 12.1 Å². The van der Waals surface area contributed by atoms with Crippen molar-refractivity contribution in [2.75, 3.05) is 18.6 Å². The van der Waals surface area contributed by atoms with E-state index < -0.39 is 5.54 Å². The molecule has 0 aliphatic carbocycles. The van der Waals surface area contributed by atoms with Crippen molar-refractivity contribution in [2.24, 2.45) is 0 Å². The van der Waals surface area contributed by atoms with Crippen molar-refractivity contribution >= 4 is 29.0 Å². The Morgan fingerprint density at radius 1 is 1.48 bits per heavy atom. The van der Waals surface area contributed by atoms with Gasteiger partial charge in [0, 0.05) is 11.1 Å². The van der Waals surface area contributed by atoms with Crippen LogP contribution < -0.4 is 10.1 Å². The first-order chi connectivity index (χ1) is 11.2. The van der Waals surface area contributed by atoms with Gasteiger partial charge < -0.3 is 10.1 Å². The second-order valence-electron chi connectivity index (χ2n) is 5.19. The number of hydrogen-bond acceptors (Lipinski definition) is 6. The number of hydrogen-bond donors (Lipinski definition) is 1. The molecule has 7 heteroatoms. The maximum absolute atomic E-state index is 12.4. The number of nitrogens with zero attached hydrogens (tertiary/aromatic N) is 2. The molecule has 23 heavy (non-hydrogen) atoms. The second kappa shape index (κ2) is 6.60. The zero-order valence-corrected chi connectivity index (χ0v) is 14.2. The minimum absolute atomic E-state index is 0.300. The van der Waals surface area contributed by atoms with Gasteiger partial charge in [-0.2, -0.15) is 17.0 Å². The third-order valence-corrected chi connectivity index (χ3v) is 5.73. The van der Waals surface area contributed by atoms with Gasteiger partial charge in [-0.15, -0.1) is 11.3 Å². The molecule has 118 valence electrons. The molecular formula is C16H15N3O2S2. The lowest BCUT2D eigenvalue weighted by atomic mass is 10.0. The van der Waals surface area contributed by atoms with Crippen molar-refractivity contribution in [3.63, 3.8) is 0 Å². The van der Waals surface area contributed by atoms with E-state index in [0.29, 0.717) is 17.9 Å². The summed E-state index contributed by atoms with van der Waals surface area (Å²) in [4.78, 5) is 16.8. The highest BCUT2D eigenvalue weighted by molar-refractivity contribution is 7.99. The summed E-state index contributed by atoms with van der Waals surface area (Å²) in [5.41, 5.74) is 0.420. The number of methoxy groups -OCH3 is 1. The fourth-order valence-electron chi connectivity index (χ4n) is 2.38. The highest BCUT2D eigenvalue weighted by Crippen LogP contribution is 2.32. The molecule has 0 saturated carbocycles. The minimum Gasteiger partial charge on any atom is -0.496 e. The summed E-state index contributed by atoms with van der Waals surface area (Å²) in [7, 11) is 1.61. The van der Waals surface area contributed by atoms with Crippen LogP contribution in [0, 0.1) is 11.3 Å². The summed E-state index contributed by atoms with van der Waals surface area (Å²) < 4.78 is 5.33. The average Bonchev–Trinajstić information content (AvgIpc) is 3.24. The Labute approximate surface area is 142 Å². The minimum atomic E-state index is -0.768. The van der Waals surface area contributed by atoms with Crippen molar-refractivity contribution in [2.45, 2.75) is 12.0 Å². The molecule has 5 nitrogen and oxygen atoms in total. The number of nitrogens with one attached hydrogen (secondary N) is 1. The third-order valence-electron chi connectivity index (χ3n) is 3.66. The number of nitriles is 1. The predicted octanol–water partition coefficient (Wildman–Crippen LogP) is 2.95. The van der Waals surface area contributed by atoms with Crippen molar-refractivity contribution in [3.05, 3.63) is 35.3 Å². The standard InChI is InChI=1S/C16H15N3O2S2/c1-21-13-5-3-2-4-11(13)15-18-12(8-23-15)14(20)19-16(9-17)6-7-22-10-16/h2-5,8H,6-7,10H2,1H3,(H,19,20)/t16-/m1/s1. The number of benzene rings is 1. The van der Waals surface area contributed by atoms with E-state index in [-0.39, 0.29) is 5.91 Å². The number of para-hydroxylation sites is 1. The Hall–Kier alpha value is -2.04. The van der Waals surface area contributed by atoms with E-state index in [1.54, 1.807) is 24.3 Å². The summed E-state index contributed by atoms with van der Waals surface area (Å²) in [6, 6.07) is 9.79. The second-order valence-corrected chi connectivity index (χ2v) is 7.15. The zero-order chi connectivity index (χ0) is 16.3. The van der Waals surface area contributed by atoms with Gasteiger partial charge in [-0.3, -0.25) is 4.79 Å². The monoisotopic (exact) mass is 345 g/mol. The van der Waals surface area contributed by atoms with Gasteiger partial charge in [0.2, 0.25) is 0 Å². The van der Waals surface area contributed by atoms with Crippen LogP contribution in [0.25, 0.3) is 10.6 Å². The summed E-state index contributed by atoms with van der Waals surface area (Å²) in [6.07, 6.45) is 0.670. The van der Waals surface area contributed by atoms with Crippen LogP contribution in [0.3, 0.4) is 0 Å². The normalized spacial score (nSPS) is 20.0. The van der Waals surface area contributed by atoms with Crippen molar-refractivity contribution in [1.82, 2.24) is 10.3 Å². The number of thioether (sulfide) groups is 1. The molecule has 3 rings (SSSR count). The molecule has 1 atom stereocenters. The molecule has 0 radical (unpaired) electrons. The highest BCUT2D eigenvalue weighted by atomic mass is 32.2. The van der Waals surface area contributed by atoms with Crippen LogP contribution in [0.4, 0.5) is 0 Å². The molecule has 1 amide bonds. The molecule has 1 aromatic carbocycles. The van der Waals surface area contributed by atoms with Crippen LogP contribution in [0.1, 0.15) is 16.9 Å². The van der Waals surface area contributed by atoms with E-state index in [4.69, 9.17) is 4.74 Å². The van der Waals surface area contributed by atoms with Crippen LogP contribution in [-0.2, 0) is 0 Å². The Kier molecular flexibility index (Phi) is 4.55. The van der Waals surface area contributed by atoms with Gasteiger partial charge in [-0.05, 0) is 24.3 Å². The number of carbonyl (C=O) groups is 1. The number of carbonyl (C=O) groups excluding carboxylic acids is 1. The largest absolute Gasteiger partial charge is 0.496 e. The molecule has 1 aliphatic rings. The number of rotatable bonds is 4. The van der Waals surface area contributed by atoms with Crippen LogP contribution >= 0.6 is 23.1 Å². The molecule has 1 fully saturated rings. The number of thiazole rings is 1. The fourth-order valence-corrected chi connectivity index (χ4v) is 4.48. The SMILES string of the molecule is COc1ccccc1-c1nc(C(=O)N[C@@]2(C#N)CCSC2)cs1. The van der Waals surface area contributed by atoms with Crippen molar-refractivity contribution < 1.29 is 9.53 Å². The lowest BCUT2D eigenvalue weighted by Crippen LogP contribution is -2.47. The molecule has 1 aliphatic heterocycles. The van der Waals surface area contributed by atoms with E-state index in [0.717, 1.165) is 22.1 Å². The molecule has 2 aromatic rings. The number of aromatic nitrogens is 1. The van der Waals surface area contributed by atoms with E-state index in [1.165, 1.54) is 11.3 Å². The smallest absolute Gasteiger partial charge is 0.272 e. The summed E-state index contributed by atoms with van der Waals surface area (Å²) in [5.74, 6) is 1.93. The lowest BCUT2D eigenvalue weighted by molar-refractivity contribution is 0.0922.